The summed E-state index contributed by atoms with van der Waals surface area (Å²) in [5.41, 5.74) is 0.949. The molecule has 2 rings (SSSR count). The van der Waals surface area contributed by atoms with Crippen LogP contribution < -0.4 is 0 Å². The average Bonchev–Trinajstić information content (AvgIpc) is 3.27. The third kappa shape index (κ3) is 7.95. The fourth-order valence-corrected chi connectivity index (χ4v) is 3.17. The Morgan fingerprint density at radius 1 is 1.19 bits per heavy atom. The molecule has 0 aliphatic carbocycles. The Labute approximate surface area is 157 Å². The Hall–Kier alpha value is -1.95. The summed E-state index contributed by atoms with van der Waals surface area (Å²) >= 11 is 0. The molecule has 148 valence electrons. The number of aliphatic hydroxyl groups is 1. The summed E-state index contributed by atoms with van der Waals surface area (Å²) in [7, 11) is 2.04. The third-order valence-corrected chi connectivity index (χ3v) is 4.49. The van der Waals surface area contributed by atoms with Gasteiger partial charge in [0.15, 0.2) is 6.10 Å². The van der Waals surface area contributed by atoms with Gasteiger partial charge in [-0.1, -0.05) is 51.9 Å². The Kier molecular flexibility index (Phi) is 11.3. The molecule has 6 heteroatoms. The van der Waals surface area contributed by atoms with Crippen LogP contribution in [0.4, 0.5) is 0 Å². The lowest BCUT2D eigenvalue weighted by molar-refractivity contribution is -0.122. The molecule has 6 nitrogen and oxygen atoms in total. The maximum absolute atomic E-state index is 10.5. The number of rotatable bonds is 11. The Balaban J connectivity index is 0.00000105. The second-order valence-electron chi connectivity index (χ2n) is 6.71. The van der Waals surface area contributed by atoms with E-state index in [1.165, 1.54) is 51.4 Å². The molecule has 1 atom stereocenters. The first kappa shape index (κ1) is 22.1. The molecule has 2 N–H and O–H groups in total. The third-order valence-electron chi connectivity index (χ3n) is 4.49. The van der Waals surface area contributed by atoms with Crippen molar-refractivity contribution in [3.8, 4) is 0 Å². The van der Waals surface area contributed by atoms with Crippen LogP contribution in [0.15, 0.2) is 34.7 Å². The summed E-state index contributed by atoms with van der Waals surface area (Å²) in [4.78, 5) is 12.7. The number of hydrogen-bond donors (Lipinski definition) is 2. The van der Waals surface area contributed by atoms with E-state index in [1.54, 1.807) is 6.26 Å². The van der Waals surface area contributed by atoms with Crippen molar-refractivity contribution in [2.45, 2.75) is 64.4 Å². The molecule has 26 heavy (non-hydrogen) atoms. The second kappa shape index (κ2) is 13.3. The highest BCUT2D eigenvalue weighted by Gasteiger charge is 2.26. The van der Waals surface area contributed by atoms with Crippen LogP contribution >= 0.6 is 0 Å². The van der Waals surface area contributed by atoms with Gasteiger partial charge in [0.1, 0.15) is 5.76 Å². The molecule has 1 unspecified atom stereocenters. The van der Waals surface area contributed by atoms with E-state index in [0.29, 0.717) is 5.76 Å². The van der Waals surface area contributed by atoms with Crippen LogP contribution in [0.2, 0.25) is 0 Å². The minimum absolute atomic E-state index is 0.250. The smallest absolute Gasteiger partial charge is 0.290 e. The molecule has 0 amide bonds. The molecule has 1 aliphatic rings. The fourth-order valence-electron chi connectivity index (χ4n) is 3.17. The first-order chi connectivity index (χ1) is 12.6. The molecule has 2 heterocycles. The lowest BCUT2D eigenvalue weighted by Crippen LogP contribution is -2.28. The molecule has 0 radical (unpaired) electrons. The summed E-state index contributed by atoms with van der Waals surface area (Å²) in [5, 5.41) is 17.4. The molecule has 0 aromatic carbocycles. The van der Waals surface area contributed by atoms with Gasteiger partial charge in [0, 0.05) is 19.8 Å². The normalized spacial score (nSPS) is 14.7. The highest BCUT2D eigenvalue weighted by Crippen LogP contribution is 2.29. The highest BCUT2D eigenvalue weighted by molar-refractivity contribution is 5.32. The average molecular weight is 367 g/mol. The maximum atomic E-state index is 10.5. The second-order valence-corrected chi connectivity index (χ2v) is 6.71. The molecule has 1 aliphatic heterocycles. The van der Waals surface area contributed by atoms with Crippen LogP contribution in [0, 0.1) is 0 Å². The number of unbranched alkanes of at least 4 members (excludes halogenated alkanes) is 7. The van der Waals surface area contributed by atoms with E-state index in [4.69, 9.17) is 14.3 Å². The molecule has 1 aromatic rings. The van der Waals surface area contributed by atoms with Crippen molar-refractivity contribution in [3.63, 3.8) is 0 Å². The van der Waals surface area contributed by atoms with Gasteiger partial charge in [-0.05, 0) is 18.6 Å². The Bertz CT molecular complexity index is 502. The highest BCUT2D eigenvalue weighted by atomic mass is 16.4. The lowest BCUT2D eigenvalue weighted by atomic mass is 10.1. The van der Waals surface area contributed by atoms with E-state index >= 15 is 0 Å². The van der Waals surface area contributed by atoms with Gasteiger partial charge in [-0.25, -0.2) is 0 Å². The van der Waals surface area contributed by atoms with Gasteiger partial charge in [-0.15, -0.1) is 0 Å². The van der Waals surface area contributed by atoms with Gasteiger partial charge in [0.05, 0.1) is 18.6 Å². The van der Waals surface area contributed by atoms with Crippen LogP contribution in [0.1, 0.15) is 70.2 Å². The zero-order chi connectivity index (χ0) is 19.2. The molecule has 0 saturated carbocycles. The van der Waals surface area contributed by atoms with Crippen LogP contribution in [0.5, 0.6) is 0 Å². The van der Waals surface area contributed by atoms with Crippen molar-refractivity contribution in [2.24, 2.45) is 0 Å². The molecule has 0 spiro atoms. The molecular weight excluding hydrogens is 332 g/mol. The van der Waals surface area contributed by atoms with Crippen molar-refractivity contribution >= 4 is 6.47 Å². The number of furan rings is 1. The van der Waals surface area contributed by atoms with Gasteiger partial charge >= 0.3 is 0 Å². The first-order valence-corrected chi connectivity index (χ1v) is 9.60. The summed E-state index contributed by atoms with van der Waals surface area (Å²) in [6, 6.07) is 3.65. The van der Waals surface area contributed by atoms with E-state index in [1.807, 2.05) is 25.4 Å². The number of aliphatic hydroxyl groups excluding tert-OH is 1. The molecule has 1 aromatic heterocycles. The predicted molar refractivity (Wildman–Crippen MR) is 102 cm³/mol. The van der Waals surface area contributed by atoms with Gasteiger partial charge in [-0.3, -0.25) is 4.79 Å². The number of carboxylic acid groups (broad SMARTS) is 1. The van der Waals surface area contributed by atoms with E-state index in [0.717, 1.165) is 18.9 Å². The zero-order valence-electron chi connectivity index (χ0n) is 16.1. The SMILES string of the molecule is CCCCCCCCCCN1CN(C)C=C1C(O)c1ccco1.O=CO. The first-order valence-electron chi connectivity index (χ1n) is 9.60. The van der Waals surface area contributed by atoms with Gasteiger partial charge < -0.3 is 24.4 Å². The van der Waals surface area contributed by atoms with Crippen LogP contribution in [0.25, 0.3) is 0 Å². The van der Waals surface area contributed by atoms with Gasteiger partial charge in [0.25, 0.3) is 6.47 Å². The summed E-state index contributed by atoms with van der Waals surface area (Å²) in [5.74, 6) is 0.618. The van der Waals surface area contributed by atoms with Crippen molar-refractivity contribution in [2.75, 3.05) is 20.3 Å². The van der Waals surface area contributed by atoms with Crippen molar-refractivity contribution in [3.05, 3.63) is 36.1 Å². The number of nitrogens with zero attached hydrogens (tertiary/aromatic N) is 2. The van der Waals surface area contributed by atoms with E-state index in [-0.39, 0.29) is 6.47 Å². The summed E-state index contributed by atoms with van der Waals surface area (Å²) in [6.07, 6.45) is 13.6. The molecule has 0 fully saturated rings. The fraction of sp³-hybridized carbons (Fsp3) is 0.650. The summed E-state index contributed by atoms with van der Waals surface area (Å²) in [6.45, 7) is 3.86. The van der Waals surface area contributed by atoms with E-state index in [2.05, 4.69) is 16.7 Å². The van der Waals surface area contributed by atoms with E-state index in [9.17, 15) is 5.11 Å². The van der Waals surface area contributed by atoms with Crippen LogP contribution in [-0.4, -0.2) is 46.7 Å². The van der Waals surface area contributed by atoms with Crippen molar-refractivity contribution in [1.29, 1.82) is 0 Å². The van der Waals surface area contributed by atoms with Crippen molar-refractivity contribution < 1.29 is 19.4 Å². The van der Waals surface area contributed by atoms with Crippen LogP contribution in [-0.2, 0) is 4.79 Å². The summed E-state index contributed by atoms with van der Waals surface area (Å²) < 4.78 is 5.35. The number of carbonyl (C=O) groups is 1. The zero-order valence-corrected chi connectivity index (χ0v) is 16.1. The minimum atomic E-state index is -0.663. The lowest BCUT2D eigenvalue weighted by Gasteiger charge is -2.24. The minimum Gasteiger partial charge on any atom is -0.483 e. The van der Waals surface area contributed by atoms with E-state index < -0.39 is 6.10 Å². The predicted octanol–water partition coefficient (Wildman–Crippen LogP) is 4.20. The van der Waals surface area contributed by atoms with Crippen molar-refractivity contribution in [1.82, 2.24) is 9.80 Å². The number of hydrogen-bond acceptors (Lipinski definition) is 5. The Morgan fingerprint density at radius 3 is 2.38 bits per heavy atom. The van der Waals surface area contributed by atoms with Crippen LogP contribution in [0.3, 0.4) is 0 Å². The maximum Gasteiger partial charge on any atom is 0.290 e. The largest absolute Gasteiger partial charge is 0.483 e. The topological polar surface area (TPSA) is 77.2 Å². The standard InChI is InChI=1S/C19H32N2O2.CH2O2/c1-3-4-5-6-7-8-9-10-13-21-16-20(2)15-17(21)19(22)18-12-11-14-23-18;2-1-3/h11-12,14-15,19,22H,3-10,13,16H2,1-2H3;1H,(H,2,3). The molecule has 0 bridgehead atoms. The Morgan fingerprint density at radius 2 is 1.81 bits per heavy atom. The van der Waals surface area contributed by atoms with Gasteiger partial charge in [0.2, 0.25) is 0 Å². The van der Waals surface area contributed by atoms with Gasteiger partial charge in [-0.2, -0.15) is 0 Å². The molecular formula is C20H34N2O4. The quantitative estimate of drug-likeness (QED) is 0.451. The monoisotopic (exact) mass is 366 g/mol. The molecule has 0 saturated heterocycles.